The maximum atomic E-state index is 13.0. The first-order valence-corrected chi connectivity index (χ1v) is 6.60. The highest BCUT2D eigenvalue weighted by molar-refractivity contribution is 5.94. The molecule has 0 heterocycles. The Balaban J connectivity index is 2.52. The second-order valence-electron chi connectivity index (χ2n) is 4.78. The van der Waals surface area contributed by atoms with Gasteiger partial charge in [0.15, 0.2) is 12.6 Å². The molecule has 0 radical (unpaired) electrons. The number of amides is 3. The van der Waals surface area contributed by atoms with Gasteiger partial charge >= 0.3 is 6.09 Å². The maximum absolute atomic E-state index is 13.0. The summed E-state index contributed by atoms with van der Waals surface area (Å²) in [5.41, 5.74) is 0.337. The summed E-state index contributed by atoms with van der Waals surface area (Å²) in [6, 6.07) is 4.86. The van der Waals surface area contributed by atoms with E-state index in [0.29, 0.717) is 10.6 Å². The minimum atomic E-state index is -0.853. The number of ether oxygens (including phenoxy) is 1. The van der Waals surface area contributed by atoms with Crippen LogP contribution < -0.4 is 15.5 Å². The summed E-state index contributed by atoms with van der Waals surface area (Å²) in [4.78, 5) is 35.1. The van der Waals surface area contributed by atoms with Crippen LogP contribution in [0.4, 0.5) is 14.9 Å². The Morgan fingerprint density at radius 1 is 1.36 bits per heavy atom. The Bertz CT molecular complexity index is 565. The summed E-state index contributed by atoms with van der Waals surface area (Å²) in [7, 11) is 2.78. The fourth-order valence-corrected chi connectivity index (χ4v) is 1.66. The molecule has 22 heavy (non-hydrogen) atoms. The van der Waals surface area contributed by atoms with Gasteiger partial charge in [0.25, 0.3) is 11.8 Å². The summed E-state index contributed by atoms with van der Waals surface area (Å²) >= 11 is 0. The average molecular weight is 312 g/mol. The lowest BCUT2D eigenvalue weighted by atomic mass is 10.2. The summed E-state index contributed by atoms with van der Waals surface area (Å²) in [6.45, 7) is 1.55. The second kappa shape index (κ2) is 8.08. The fraction of sp³-hybridized carbons (Fsp3) is 0.357. The van der Waals surface area contributed by atoms with E-state index in [9.17, 15) is 18.8 Å². The molecule has 0 bridgehead atoms. The van der Waals surface area contributed by atoms with E-state index in [0.717, 1.165) is 7.11 Å². The van der Waals surface area contributed by atoms with Crippen molar-refractivity contribution in [3.8, 4) is 0 Å². The third-order valence-corrected chi connectivity index (χ3v) is 3.09. The summed E-state index contributed by atoms with van der Waals surface area (Å²) in [5, 5.41) is 4.57. The van der Waals surface area contributed by atoms with E-state index >= 15 is 0 Å². The molecule has 3 amide bonds. The van der Waals surface area contributed by atoms with E-state index in [1.54, 1.807) is 20.0 Å². The van der Waals surface area contributed by atoms with Crippen molar-refractivity contribution in [2.45, 2.75) is 13.0 Å². The van der Waals surface area contributed by atoms with E-state index in [1.165, 1.54) is 18.2 Å². The summed E-state index contributed by atoms with van der Waals surface area (Å²) < 4.78 is 17.3. The number of methoxy groups -OCH3 is 1. The Morgan fingerprint density at radius 3 is 2.64 bits per heavy atom. The number of benzene rings is 1. The van der Waals surface area contributed by atoms with Gasteiger partial charge in [0.1, 0.15) is 5.82 Å². The van der Waals surface area contributed by atoms with Crippen molar-refractivity contribution in [2.75, 3.05) is 26.0 Å². The van der Waals surface area contributed by atoms with E-state index in [4.69, 9.17) is 0 Å². The van der Waals surface area contributed by atoms with Crippen LogP contribution in [0.15, 0.2) is 24.3 Å². The average Bonchev–Trinajstić information content (AvgIpc) is 2.45. The van der Waals surface area contributed by atoms with Crippen LogP contribution in [0.2, 0.25) is 0 Å². The van der Waals surface area contributed by atoms with Gasteiger partial charge in [-0.2, -0.15) is 0 Å². The number of quaternary nitrogens is 1. The van der Waals surface area contributed by atoms with Gasteiger partial charge in [-0.3, -0.25) is 14.9 Å². The Morgan fingerprint density at radius 2 is 2.05 bits per heavy atom. The highest BCUT2D eigenvalue weighted by Gasteiger charge is 2.25. The second-order valence-corrected chi connectivity index (χ2v) is 4.78. The van der Waals surface area contributed by atoms with Crippen LogP contribution in [0, 0.1) is 5.82 Å². The molecule has 0 spiro atoms. The molecular formula is C14H19FN3O4+. The minimum Gasteiger partial charge on any atom is -0.453 e. The maximum Gasteiger partial charge on any atom is 0.413 e. The van der Waals surface area contributed by atoms with E-state index < -0.39 is 23.9 Å². The highest BCUT2D eigenvalue weighted by atomic mass is 19.1. The van der Waals surface area contributed by atoms with Crippen LogP contribution in [0.25, 0.3) is 0 Å². The highest BCUT2D eigenvalue weighted by Crippen LogP contribution is 2.08. The van der Waals surface area contributed by atoms with Crippen LogP contribution in [0.1, 0.15) is 6.92 Å². The number of imide groups is 1. The van der Waals surface area contributed by atoms with Crippen molar-refractivity contribution >= 4 is 23.6 Å². The van der Waals surface area contributed by atoms with Crippen LogP contribution in [0.5, 0.6) is 0 Å². The predicted molar refractivity (Wildman–Crippen MR) is 76.8 cm³/mol. The predicted octanol–water partition coefficient (Wildman–Crippen LogP) is -0.450. The first-order valence-electron chi connectivity index (χ1n) is 6.60. The molecule has 8 heteroatoms. The van der Waals surface area contributed by atoms with Crippen LogP contribution in [-0.4, -0.2) is 44.7 Å². The Hall–Kier alpha value is -2.48. The number of likely N-dealkylation sites (N-methyl/N-ethyl adjacent to an activating group) is 1. The van der Waals surface area contributed by atoms with E-state index in [1.807, 2.05) is 5.32 Å². The topological polar surface area (TPSA) is 88.9 Å². The standard InChI is InChI=1S/C14H18FN3O4/c1-9(13(20)17-14(21)22-3)18(2)8-12(19)16-11-6-4-5-10(15)7-11/h4-7,9H,8H2,1-3H3,(H,16,19)(H,17,20,21)/p+1/t9-/m1/s1. The molecule has 2 atom stereocenters. The van der Waals surface area contributed by atoms with Crippen LogP contribution >= 0.6 is 0 Å². The Labute approximate surface area is 127 Å². The zero-order chi connectivity index (χ0) is 16.7. The summed E-state index contributed by atoms with van der Waals surface area (Å²) in [6.07, 6.45) is -0.853. The largest absolute Gasteiger partial charge is 0.453 e. The SMILES string of the molecule is COC(=O)NC(=O)[C@@H](C)[NH+](C)CC(=O)Nc1cccc(F)c1. The van der Waals surface area contributed by atoms with Crippen molar-refractivity contribution in [1.29, 1.82) is 0 Å². The molecule has 0 aliphatic heterocycles. The molecule has 0 aromatic heterocycles. The van der Waals surface area contributed by atoms with Gasteiger partial charge in [0, 0.05) is 5.69 Å². The van der Waals surface area contributed by atoms with Gasteiger partial charge in [0.05, 0.1) is 14.2 Å². The lowest BCUT2D eigenvalue weighted by molar-refractivity contribution is -0.885. The summed E-state index contributed by atoms with van der Waals surface area (Å²) in [5.74, 6) is -1.38. The molecule has 1 aromatic rings. The smallest absolute Gasteiger partial charge is 0.413 e. The number of hydrogen-bond acceptors (Lipinski definition) is 4. The first-order chi connectivity index (χ1) is 10.3. The molecule has 0 saturated heterocycles. The van der Waals surface area contributed by atoms with Crippen molar-refractivity contribution in [2.24, 2.45) is 0 Å². The zero-order valence-electron chi connectivity index (χ0n) is 12.6. The van der Waals surface area contributed by atoms with Crippen molar-refractivity contribution in [3.63, 3.8) is 0 Å². The number of carbonyl (C=O) groups excluding carboxylic acids is 3. The monoisotopic (exact) mass is 312 g/mol. The molecule has 1 aromatic carbocycles. The normalized spacial score (nSPS) is 12.9. The fourth-order valence-electron chi connectivity index (χ4n) is 1.66. The number of halogens is 1. The van der Waals surface area contributed by atoms with Gasteiger partial charge < -0.3 is 15.0 Å². The number of hydrogen-bond donors (Lipinski definition) is 3. The molecule has 0 aliphatic rings. The molecule has 120 valence electrons. The third kappa shape index (κ3) is 5.49. The van der Waals surface area contributed by atoms with Gasteiger partial charge in [-0.25, -0.2) is 9.18 Å². The van der Waals surface area contributed by atoms with Gasteiger partial charge in [-0.05, 0) is 25.1 Å². The number of nitrogens with one attached hydrogen (secondary N) is 3. The number of anilines is 1. The van der Waals surface area contributed by atoms with E-state index in [-0.39, 0.29) is 12.5 Å². The van der Waals surface area contributed by atoms with Gasteiger partial charge in [0.2, 0.25) is 0 Å². The molecular weight excluding hydrogens is 293 g/mol. The van der Waals surface area contributed by atoms with E-state index in [2.05, 4.69) is 10.1 Å². The zero-order valence-corrected chi connectivity index (χ0v) is 12.6. The van der Waals surface area contributed by atoms with Gasteiger partial charge in [-0.1, -0.05) is 6.07 Å². The lowest BCUT2D eigenvalue weighted by Gasteiger charge is -2.19. The molecule has 0 fully saturated rings. The number of carbonyl (C=O) groups is 3. The van der Waals surface area contributed by atoms with Crippen molar-refractivity contribution in [3.05, 3.63) is 30.1 Å². The number of rotatable bonds is 5. The van der Waals surface area contributed by atoms with Crippen LogP contribution in [0.3, 0.4) is 0 Å². The Kier molecular flexibility index (Phi) is 6.46. The minimum absolute atomic E-state index is 0.0216. The number of alkyl carbamates (subject to hydrolysis) is 1. The molecule has 7 nitrogen and oxygen atoms in total. The van der Waals surface area contributed by atoms with Crippen LogP contribution in [-0.2, 0) is 14.3 Å². The molecule has 3 N–H and O–H groups in total. The van der Waals surface area contributed by atoms with Gasteiger partial charge in [-0.15, -0.1) is 0 Å². The third-order valence-electron chi connectivity index (χ3n) is 3.09. The quantitative estimate of drug-likeness (QED) is 0.687. The molecule has 1 rings (SSSR count). The lowest BCUT2D eigenvalue weighted by Crippen LogP contribution is -3.15. The van der Waals surface area contributed by atoms with Crippen molar-refractivity contribution < 1.29 is 28.4 Å². The molecule has 0 saturated carbocycles. The molecule has 1 unspecified atom stereocenters. The first kappa shape index (κ1) is 17.6. The van der Waals surface area contributed by atoms with Crippen molar-refractivity contribution in [1.82, 2.24) is 5.32 Å². The molecule has 0 aliphatic carbocycles.